The van der Waals surface area contributed by atoms with Crippen LogP contribution in [-0.2, 0) is 4.79 Å². The van der Waals surface area contributed by atoms with Gasteiger partial charge in [-0.2, -0.15) is 0 Å². The molecule has 19 heavy (non-hydrogen) atoms. The number of carbonyl (C=O) groups excluding carboxylic acids is 1. The first-order valence-corrected chi connectivity index (χ1v) is 7.87. The minimum atomic E-state index is 0.0514. The molecule has 0 aromatic heterocycles. The number of hydrogen-bond acceptors (Lipinski definition) is 3. The summed E-state index contributed by atoms with van der Waals surface area (Å²) in [5.74, 6) is 1.13. The molecule has 1 aliphatic rings. The number of benzene rings is 1. The van der Waals surface area contributed by atoms with Crippen LogP contribution in [-0.4, -0.2) is 35.7 Å². The molecule has 0 saturated carbocycles. The lowest BCUT2D eigenvalue weighted by Gasteiger charge is -2.32. The maximum atomic E-state index is 12.3. The quantitative estimate of drug-likeness (QED) is 0.860. The molecule has 1 saturated heterocycles. The average Bonchev–Trinajstić information content (AvgIpc) is 2.45. The van der Waals surface area contributed by atoms with E-state index in [4.69, 9.17) is 5.73 Å². The SMILES string of the molecule is C[C@@H](CSc1ccccc1)C(=O)N1CCC[C@@H](N)C1. The van der Waals surface area contributed by atoms with Crippen molar-refractivity contribution in [2.24, 2.45) is 11.7 Å². The Morgan fingerprint density at radius 2 is 2.21 bits per heavy atom. The molecule has 1 aliphatic heterocycles. The molecular weight excluding hydrogens is 256 g/mol. The van der Waals surface area contributed by atoms with E-state index in [-0.39, 0.29) is 17.9 Å². The van der Waals surface area contributed by atoms with Crippen LogP contribution in [0.5, 0.6) is 0 Å². The van der Waals surface area contributed by atoms with Crippen LogP contribution in [0.25, 0.3) is 0 Å². The summed E-state index contributed by atoms with van der Waals surface area (Å²) >= 11 is 1.74. The van der Waals surface area contributed by atoms with Gasteiger partial charge in [0.2, 0.25) is 5.91 Å². The summed E-state index contributed by atoms with van der Waals surface area (Å²) in [5, 5.41) is 0. The summed E-state index contributed by atoms with van der Waals surface area (Å²) in [6.45, 7) is 3.60. The fourth-order valence-electron chi connectivity index (χ4n) is 2.33. The molecule has 1 fully saturated rings. The van der Waals surface area contributed by atoms with E-state index in [9.17, 15) is 4.79 Å². The predicted octanol–water partition coefficient (Wildman–Crippen LogP) is 2.36. The second kappa shape index (κ2) is 6.96. The normalized spacial score (nSPS) is 21.2. The average molecular weight is 278 g/mol. The molecule has 0 unspecified atom stereocenters. The molecule has 0 aliphatic carbocycles. The molecule has 1 aromatic rings. The molecule has 1 heterocycles. The van der Waals surface area contributed by atoms with Gasteiger partial charge in [0.25, 0.3) is 0 Å². The third-order valence-electron chi connectivity index (χ3n) is 3.43. The van der Waals surface area contributed by atoms with Gasteiger partial charge in [-0.15, -0.1) is 11.8 Å². The molecule has 0 bridgehead atoms. The van der Waals surface area contributed by atoms with Gasteiger partial charge in [-0.25, -0.2) is 0 Å². The summed E-state index contributed by atoms with van der Waals surface area (Å²) in [6.07, 6.45) is 2.07. The smallest absolute Gasteiger partial charge is 0.226 e. The van der Waals surface area contributed by atoms with Crippen LogP contribution in [0, 0.1) is 5.92 Å². The van der Waals surface area contributed by atoms with Gasteiger partial charge in [0.15, 0.2) is 0 Å². The van der Waals surface area contributed by atoms with E-state index in [0.717, 1.165) is 31.7 Å². The number of nitrogens with zero attached hydrogens (tertiary/aromatic N) is 1. The largest absolute Gasteiger partial charge is 0.341 e. The fourth-order valence-corrected chi connectivity index (χ4v) is 3.27. The maximum Gasteiger partial charge on any atom is 0.226 e. The van der Waals surface area contributed by atoms with Crippen molar-refractivity contribution < 1.29 is 4.79 Å². The van der Waals surface area contributed by atoms with E-state index in [1.807, 2.05) is 30.0 Å². The molecule has 0 radical (unpaired) electrons. The Labute approximate surface area is 119 Å². The predicted molar refractivity (Wildman–Crippen MR) is 80.1 cm³/mol. The zero-order valence-corrected chi connectivity index (χ0v) is 12.2. The molecule has 1 aromatic carbocycles. The number of piperidine rings is 1. The highest BCUT2D eigenvalue weighted by molar-refractivity contribution is 7.99. The molecule has 104 valence electrons. The van der Waals surface area contributed by atoms with Gasteiger partial charge in [-0.05, 0) is 25.0 Å². The van der Waals surface area contributed by atoms with E-state index in [2.05, 4.69) is 12.1 Å². The molecular formula is C15H22N2OS. The topological polar surface area (TPSA) is 46.3 Å². The third kappa shape index (κ3) is 4.25. The lowest BCUT2D eigenvalue weighted by Crippen LogP contribution is -2.47. The lowest BCUT2D eigenvalue weighted by atomic mass is 10.0. The van der Waals surface area contributed by atoms with Crippen molar-refractivity contribution in [3.8, 4) is 0 Å². The molecule has 1 amide bonds. The van der Waals surface area contributed by atoms with Gasteiger partial charge in [0.05, 0.1) is 0 Å². The minimum absolute atomic E-state index is 0.0514. The van der Waals surface area contributed by atoms with Gasteiger partial charge in [-0.3, -0.25) is 4.79 Å². The van der Waals surface area contributed by atoms with Crippen LogP contribution in [0.15, 0.2) is 35.2 Å². The first-order chi connectivity index (χ1) is 9.16. The van der Waals surface area contributed by atoms with E-state index in [1.165, 1.54) is 4.90 Å². The highest BCUT2D eigenvalue weighted by Gasteiger charge is 2.25. The molecule has 4 heteroatoms. The number of carbonyl (C=O) groups is 1. The second-order valence-corrected chi connectivity index (χ2v) is 6.31. The molecule has 3 nitrogen and oxygen atoms in total. The van der Waals surface area contributed by atoms with Crippen molar-refractivity contribution in [2.75, 3.05) is 18.8 Å². The Kier molecular flexibility index (Phi) is 5.28. The molecule has 2 atom stereocenters. The van der Waals surface area contributed by atoms with Gasteiger partial charge < -0.3 is 10.6 Å². The van der Waals surface area contributed by atoms with Gasteiger partial charge in [0.1, 0.15) is 0 Å². The summed E-state index contributed by atoms with van der Waals surface area (Å²) in [6, 6.07) is 10.4. The van der Waals surface area contributed by atoms with Crippen LogP contribution >= 0.6 is 11.8 Å². The Morgan fingerprint density at radius 3 is 2.89 bits per heavy atom. The monoisotopic (exact) mass is 278 g/mol. The van der Waals surface area contributed by atoms with Gasteiger partial charge in [-0.1, -0.05) is 25.1 Å². The summed E-state index contributed by atoms with van der Waals surface area (Å²) < 4.78 is 0. The Hall–Kier alpha value is -1.00. The molecule has 0 spiro atoms. The van der Waals surface area contributed by atoms with Crippen molar-refractivity contribution in [3.05, 3.63) is 30.3 Å². The Bertz CT molecular complexity index is 410. The van der Waals surface area contributed by atoms with Gasteiger partial charge in [0, 0.05) is 35.7 Å². The van der Waals surface area contributed by atoms with Crippen LogP contribution in [0.4, 0.5) is 0 Å². The number of likely N-dealkylation sites (tertiary alicyclic amines) is 1. The summed E-state index contributed by atoms with van der Waals surface area (Å²) in [5.41, 5.74) is 5.93. The third-order valence-corrected chi connectivity index (χ3v) is 4.71. The summed E-state index contributed by atoms with van der Waals surface area (Å²) in [7, 11) is 0. The highest BCUT2D eigenvalue weighted by Crippen LogP contribution is 2.22. The standard InChI is InChI=1S/C15H22N2OS/c1-12(11-19-14-7-3-2-4-8-14)15(18)17-9-5-6-13(16)10-17/h2-4,7-8,12-13H,5-6,9-11,16H2,1H3/t12-,13+/m0/s1. The molecule has 2 rings (SSSR count). The van der Waals surface area contributed by atoms with E-state index in [0.29, 0.717) is 0 Å². The first-order valence-electron chi connectivity index (χ1n) is 6.89. The number of hydrogen-bond donors (Lipinski definition) is 1. The number of amides is 1. The van der Waals surface area contributed by atoms with E-state index < -0.39 is 0 Å². The van der Waals surface area contributed by atoms with Gasteiger partial charge >= 0.3 is 0 Å². The van der Waals surface area contributed by atoms with Crippen molar-refractivity contribution in [3.63, 3.8) is 0 Å². The fraction of sp³-hybridized carbons (Fsp3) is 0.533. The van der Waals surface area contributed by atoms with Crippen LogP contribution in [0.2, 0.25) is 0 Å². The van der Waals surface area contributed by atoms with Crippen molar-refractivity contribution in [1.29, 1.82) is 0 Å². The number of nitrogens with two attached hydrogens (primary N) is 1. The van der Waals surface area contributed by atoms with Crippen LogP contribution < -0.4 is 5.73 Å². The zero-order valence-electron chi connectivity index (χ0n) is 11.4. The maximum absolute atomic E-state index is 12.3. The van der Waals surface area contributed by atoms with E-state index in [1.54, 1.807) is 11.8 Å². The summed E-state index contributed by atoms with van der Waals surface area (Å²) in [4.78, 5) is 15.5. The number of thioether (sulfide) groups is 1. The van der Waals surface area contributed by atoms with Crippen molar-refractivity contribution in [1.82, 2.24) is 4.90 Å². The first kappa shape index (κ1) is 14.4. The van der Waals surface area contributed by atoms with Crippen LogP contribution in [0.1, 0.15) is 19.8 Å². The minimum Gasteiger partial charge on any atom is -0.341 e. The Balaban J connectivity index is 1.82. The number of rotatable bonds is 4. The second-order valence-electron chi connectivity index (χ2n) is 5.21. The highest BCUT2D eigenvalue weighted by atomic mass is 32.2. The zero-order chi connectivity index (χ0) is 13.7. The van der Waals surface area contributed by atoms with Crippen LogP contribution in [0.3, 0.4) is 0 Å². The lowest BCUT2D eigenvalue weighted by molar-refractivity contribution is -0.135. The Morgan fingerprint density at radius 1 is 1.47 bits per heavy atom. The molecule has 2 N–H and O–H groups in total. The van der Waals surface area contributed by atoms with Crippen molar-refractivity contribution >= 4 is 17.7 Å². The van der Waals surface area contributed by atoms with Crippen molar-refractivity contribution in [2.45, 2.75) is 30.7 Å². The van der Waals surface area contributed by atoms with E-state index >= 15 is 0 Å².